The highest BCUT2D eigenvalue weighted by Crippen LogP contribution is 2.27. The monoisotopic (exact) mass is 492 g/mol. The van der Waals surface area contributed by atoms with E-state index in [1.54, 1.807) is 47.1 Å². The van der Waals surface area contributed by atoms with E-state index in [0.29, 0.717) is 28.6 Å². The van der Waals surface area contributed by atoms with Gasteiger partial charge in [0.25, 0.3) is 12.3 Å². The average molecular weight is 493 g/mol. The number of halogens is 3. The predicted molar refractivity (Wildman–Crippen MR) is 129 cm³/mol. The largest absolute Gasteiger partial charge is 0.305 e. The van der Waals surface area contributed by atoms with Crippen LogP contribution in [0.25, 0.3) is 16.9 Å². The topological polar surface area (TPSA) is 77.1 Å². The lowest BCUT2D eigenvalue weighted by atomic mass is 10.1. The number of rotatable bonds is 6. The van der Waals surface area contributed by atoms with Gasteiger partial charge in [-0.1, -0.05) is 54.1 Å². The minimum absolute atomic E-state index is 0.0384. The van der Waals surface area contributed by atoms with Gasteiger partial charge in [-0.15, -0.1) is 0 Å². The number of carbonyl (C=O) groups excluding carboxylic acids is 1. The maximum absolute atomic E-state index is 13.8. The van der Waals surface area contributed by atoms with Crippen LogP contribution in [0, 0.1) is 6.92 Å². The van der Waals surface area contributed by atoms with Gasteiger partial charge in [0.05, 0.1) is 18.4 Å². The fourth-order valence-corrected chi connectivity index (χ4v) is 3.86. The Morgan fingerprint density at radius 3 is 2.54 bits per heavy atom. The van der Waals surface area contributed by atoms with Crippen LogP contribution in [0.3, 0.4) is 0 Å². The molecule has 0 spiro atoms. The molecule has 0 aliphatic rings. The molecule has 5 aromatic rings. The van der Waals surface area contributed by atoms with Crippen molar-refractivity contribution in [1.82, 2.24) is 24.4 Å². The normalized spacial score (nSPS) is 11.3. The standard InChI is InChI=1S/C25H19ClF2N6O/c1-15-11-22(32-33(15)14-16-7-9-18(26)10-8-16)31-25(35)19-13-29-34-21(23(27)28)12-20(30-24(19)34)17-5-3-2-4-6-17/h2-13,23H,14H2,1H3,(H,31,32,35). The Morgan fingerprint density at radius 2 is 1.83 bits per heavy atom. The van der Waals surface area contributed by atoms with Crippen LogP contribution in [0.15, 0.2) is 72.9 Å². The smallest absolute Gasteiger partial charge is 0.280 e. The van der Waals surface area contributed by atoms with Crippen molar-refractivity contribution < 1.29 is 13.6 Å². The molecule has 176 valence electrons. The molecule has 35 heavy (non-hydrogen) atoms. The Bertz CT molecular complexity index is 1510. The summed E-state index contributed by atoms with van der Waals surface area (Å²) in [5.41, 5.74) is 2.56. The highest BCUT2D eigenvalue weighted by molar-refractivity contribution is 6.30. The number of hydrogen-bond donors (Lipinski definition) is 1. The zero-order chi connectivity index (χ0) is 24.5. The zero-order valence-electron chi connectivity index (χ0n) is 18.5. The molecule has 0 radical (unpaired) electrons. The molecule has 0 aliphatic carbocycles. The summed E-state index contributed by atoms with van der Waals surface area (Å²) in [5.74, 6) is -0.219. The number of nitrogens with zero attached hydrogens (tertiary/aromatic N) is 5. The molecule has 0 fully saturated rings. The number of amides is 1. The molecule has 1 N–H and O–H groups in total. The molecular weight excluding hydrogens is 474 g/mol. The Morgan fingerprint density at radius 1 is 1.09 bits per heavy atom. The Labute approximate surface area is 204 Å². The van der Waals surface area contributed by atoms with Crippen molar-refractivity contribution in [1.29, 1.82) is 0 Å². The predicted octanol–water partition coefficient (Wildman–Crippen LogP) is 5.79. The average Bonchev–Trinajstić information content (AvgIpc) is 3.43. The Balaban J connectivity index is 1.45. The first kappa shape index (κ1) is 22.7. The molecule has 0 aliphatic heterocycles. The maximum Gasteiger partial charge on any atom is 0.280 e. The molecule has 0 atom stereocenters. The number of anilines is 1. The first-order valence-electron chi connectivity index (χ1n) is 10.7. The lowest BCUT2D eigenvalue weighted by molar-refractivity contribution is 0.102. The third-order valence-corrected chi connectivity index (χ3v) is 5.76. The highest BCUT2D eigenvalue weighted by atomic mass is 35.5. The molecule has 5 rings (SSSR count). The van der Waals surface area contributed by atoms with E-state index in [2.05, 4.69) is 20.5 Å². The van der Waals surface area contributed by atoms with E-state index in [9.17, 15) is 13.6 Å². The molecule has 3 aromatic heterocycles. The second-order valence-corrected chi connectivity index (χ2v) is 8.37. The lowest BCUT2D eigenvalue weighted by Crippen LogP contribution is -2.13. The van der Waals surface area contributed by atoms with Crippen molar-refractivity contribution in [2.75, 3.05) is 5.32 Å². The zero-order valence-corrected chi connectivity index (χ0v) is 19.2. The van der Waals surface area contributed by atoms with Gasteiger partial charge >= 0.3 is 0 Å². The summed E-state index contributed by atoms with van der Waals surface area (Å²) in [6.45, 7) is 2.37. The summed E-state index contributed by atoms with van der Waals surface area (Å²) in [5, 5.41) is 11.8. The summed E-state index contributed by atoms with van der Waals surface area (Å²) < 4.78 is 30.3. The SMILES string of the molecule is Cc1cc(NC(=O)c2cnn3c(C(F)F)cc(-c4ccccc4)nc23)nn1Cc1ccc(Cl)cc1. The van der Waals surface area contributed by atoms with E-state index < -0.39 is 12.3 Å². The van der Waals surface area contributed by atoms with Crippen LogP contribution in [0.2, 0.25) is 5.02 Å². The van der Waals surface area contributed by atoms with Gasteiger partial charge < -0.3 is 5.32 Å². The molecule has 1 amide bonds. The fraction of sp³-hybridized carbons (Fsp3) is 0.120. The van der Waals surface area contributed by atoms with E-state index in [1.165, 1.54) is 12.3 Å². The lowest BCUT2D eigenvalue weighted by Gasteiger charge is -2.08. The molecule has 0 saturated heterocycles. The number of aromatic nitrogens is 5. The molecule has 0 saturated carbocycles. The first-order valence-corrected chi connectivity index (χ1v) is 11.1. The molecular formula is C25H19ClF2N6O. The number of aryl methyl sites for hydroxylation is 1. The van der Waals surface area contributed by atoms with Gasteiger partial charge in [-0.3, -0.25) is 9.48 Å². The van der Waals surface area contributed by atoms with Crippen LogP contribution >= 0.6 is 11.6 Å². The van der Waals surface area contributed by atoms with Crippen LogP contribution in [-0.4, -0.2) is 30.3 Å². The van der Waals surface area contributed by atoms with E-state index in [0.717, 1.165) is 15.8 Å². The third kappa shape index (κ3) is 4.63. The summed E-state index contributed by atoms with van der Waals surface area (Å²) in [4.78, 5) is 17.5. The Hall–Kier alpha value is -4.11. The Kier molecular flexibility index (Phi) is 6.00. The van der Waals surface area contributed by atoms with E-state index in [-0.39, 0.29) is 16.9 Å². The third-order valence-electron chi connectivity index (χ3n) is 5.51. The van der Waals surface area contributed by atoms with Crippen molar-refractivity contribution >= 4 is 29.0 Å². The van der Waals surface area contributed by atoms with Crippen LogP contribution in [0.4, 0.5) is 14.6 Å². The number of nitrogens with one attached hydrogen (secondary N) is 1. The molecule has 0 bridgehead atoms. The van der Waals surface area contributed by atoms with Gasteiger partial charge in [0.2, 0.25) is 0 Å². The van der Waals surface area contributed by atoms with Gasteiger partial charge in [-0.2, -0.15) is 10.2 Å². The minimum Gasteiger partial charge on any atom is -0.305 e. The van der Waals surface area contributed by atoms with Crippen LogP contribution in [0.1, 0.15) is 33.7 Å². The number of alkyl halides is 2. The molecule has 0 unspecified atom stereocenters. The summed E-state index contributed by atoms with van der Waals surface area (Å²) in [7, 11) is 0. The van der Waals surface area contributed by atoms with Gasteiger partial charge in [0.15, 0.2) is 11.5 Å². The molecule has 7 nitrogen and oxygen atoms in total. The molecule has 3 heterocycles. The summed E-state index contributed by atoms with van der Waals surface area (Å²) >= 11 is 5.95. The second kappa shape index (κ2) is 9.27. The van der Waals surface area contributed by atoms with Crippen LogP contribution in [-0.2, 0) is 6.54 Å². The van der Waals surface area contributed by atoms with Gasteiger partial charge in [0.1, 0.15) is 11.3 Å². The van der Waals surface area contributed by atoms with Gasteiger partial charge in [-0.25, -0.2) is 18.3 Å². The van der Waals surface area contributed by atoms with Crippen molar-refractivity contribution in [2.45, 2.75) is 19.9 Å². The maximum atomic E-state index is 13.8. The van der Waals surface area contributed by atoms with Gasteiger partial charge in [0, 0.05) is 22.3 Å². The quantitative estimate of drug-likeness (QED) is 0.325. The van der Waals surface area contributed by atoms with Crippen molar-refractivity contribution in [2.24, 2.45) is 0 Å². The van der Waals surface area contributed by atoms with Crippen molar-refractivity contribution in [3.63, 3.8) is 0 Å². The fourth-order valence-electron chi connectivity index (χ4n) is 3.74. The summed E-state index contributed by atoms with van der Waals surface area (Å²) in [6, 6.07) is 19.3. The number of hydrogen-bond acceptors (Lipinski definition) is 4. The van der Waals surface area contributed by atoms with Crippen LogP contribution < -0.4 is 5.32 Å². The van der Waals surface area contributed by atoms with E-state index in [1.807, 2.05) is 25.1 Å². The minimum atomic E-state index is -2.80. The first-order chi connectivity index (χ1) is 16.9. The van der Waals surface area contributed by atoms with Crippen LogP contribution in [0.5, 0.6) is 0 Å². The number of carbonyl (C=O) groups is 1. The highest BCUT2D eigenvalue weighted by Gasteiger charge is 2.22. The second-order valence-electron chi connectivity index (χ2n) is 7.94. The number of fused-ring (bicyclic) bond motifs is 1. The molecule has 10 heteroatoms. The summed E-state index contributed by atoms with van der Waals surface area (Å²) in [6.07, 6.45) is -1.57. The van der Waals surface area contributed by atoms with E-state index in [4.69, 9.17) is 11.6 Å². The van der Waals surface area contributed by atoms with Gasteiger partial charge in [-0.05, 0) is 30.7 Å². The number of benzene rings is 2. The van der Waals surface area contributed by atoms with Crippen molar-refractivity contribution in [3.8, 4) is 11.3 Å². The van der Waals surface area contributed by atoms with E-state index >= 15 is 0 Å². The van der Waals surface area contributed by atoms with Crippen molar-refractivity contribution in [3.05, 3.63) is 100 Å². The molecule has 2 aromatic carbocycles.